The lowest BCUT2D eigenvalue weighted by atomic mass is 10.0. The van der Waals surface area contributed by atoms with E-state index in [2.05, 4.69) is 74.1 Å². The largest absolute Gasteiger partial charge is 0.334 e. The van der Waals surface area contributed by atoms with Crippen molar-refractivity contribution in [2.75, 3.05) is 5.43 Å². The Kier molecular flexibility index (Phi) is 6.97. The highest BCUT2D eigenvalue weighted by Crippen LogP contribution is 2.34. The molecule has 0 saturated heterocycles. The van der Waals surface area contributed by atoms with Crippen molar-refractivity contribution >= 4 is 60.4 Å². The molecule has 194 valence electrons. The summed E-state index contributed by atoms with van der Waals surface area (Å²) in [6.07, 6.45) is 1.75. The van der Waals surface area contributed by atoms with Gasteiger partial charge in [0.1, 0.15) is 5.82 Å². The molecule has 0 aliphatic heterocycles. The first-order chi connectivity index (χ1) is 19.0. The van der Waals surface area contributed by atoms with Crippen molar-refractivity contribution < 1.29 is 4.39 Å². The van der Waals surface area contributed by atoms with E-state index in [1.165, 1.54) is 23.5 Å². The van der Waals surface area contributed by atoms with Gasteiger partial charge in [-0.05, 0) is 47.9 Å². The Balaban J connectivity index is 1.35. The molecule has 0 fully saturated rings. The Morgan fingerprint density at radius 2 is 1.77 bits per heavy atom. The van der Waals surface area contributed by atoms with Gasteiger partial charge in [0.2, 0.25) is 5.13 Å². The standard InChI is InChI=1S/C31H25BrFN5S/c1-19(2)29-30-26(25-5-3-4-6-28(25)38(30)17-20-7-13-23(33)14-8-20)15-24(35-29)16-34-37-31-36-27(18-39-31)21-9-11-22(32)12-10-21/h3-16,18-19H,17H2,1-2H3,(H,36,37)/b34-16+. The minimum Gasteiger partial charge on any atom is -0.334 e. The van der Waals surface area contributed by atoms with Crippen LogP contribution in [-0.2, 0) is 6.54 Å². The molecule has 0 aliphatic carbocycles. The van der Waals surface area contributed by atoms with Crippen molar-refractivity contribution in [3.63, 3.8) is 0 Å². The number of fused-ring (bicyclic) bond motifs is 3. The lowest BCUT2D eigenvalue weighted by Crippen LogP contribution is -2.05. The molecule has 1 N–H and O–H groups in total. The fraction of sp³-hybridized carbons (Fsp3) is 0.129. The van der Waals surface area contributed by atoms with Gasteiger partial charge >= 0.3 is 0 Å². The van der Waals surface area contributed by atoms with Crippen molar-refractivity contribution in [1.82, 2.24) is 14.5 Å². The molecule has 8 heteroatoms. The second kappa shape index (κ2) is 10.7. The molecule has 39 heavy (non-hydrogen) atoms. The van der Waals surface area contributed by atoms with Crippen LogP contribution in [0.15, 0.2) is 93.8 Å². The quantitative estimate of drug-likeness (QED) is 0.148. The maximum Gasteiger partial charge on any atom is 0.203 e. The number of hydrogen-bond acceptors (Lipinski definition) is 5. The van der Waals surface area contributed by atoms with Gasteiger partial charge in [-0.25, -0.2) is 14.4 Å². The van der Waals surface area contributed by atoms with Gasteiger partial charge in [0.25, 0.3) is 0 Å². The predicted octanol–water partition coefficient (Wildman–Crippen LogP) is 8.83. The molecular weight excluding hydrogens is 573 g/mol. The normalized spacial score (nSPS) is 11.8. The van der Waals surface area contributed by atoms with E-state index in [9.17, 15) is 4.39 Å². The molecular formula is C31H25BrFN5S. The van der Waals surface area contributed by atoms with Crippen LogP contribution in [-0.4, -0.2) is 20.7 Å². The summed E-state index contributed by atoms with van der Waals surface area (Å²) >= 11 is 4.98. The Labute approximate surface area is 238 Å². The number of nitrogens with zero attached hydrogens (tertiary/aromatic N) is 4. The van der Waals surface area contributed by atoms with Gasteiger partial charge in [-0.2, -0.15) is 5.10 Å². The number of para-hydroxylation sites is 1. The highest BCUT2D eigenvalue weighted by Gasteiger charge is 2.18. The molecule has 0 aliphatic rings. The zero-order chi connectivity index (χ0) is 26.9. The molecule has 6 aromatic rings. The van der Waals surface area contributed by atoms with Gasteiger partial charge in [-0.1, -0.05) is 72.2 Å². The highest BCUT2D eigenvalue weighted by molar-refractivity contribution is 9.10. The van der Waals surface area contributed by atoms with Crippen LogP contribution in [0.4, 0.5) is 9.52 Å². The van der Waals surface area contributed by atoms with E-state index in [1.54, 1.807) is 6.21 Å². The molecule has 3 heterocycles. The van der Waals surface area contributed by atoms with E-state index in [0.717, 1.165) is 54.5 Å². The van der Waals surface area contributed by atoms with Gasteiger partial charge in [0, 0.05) is 38.3 Å². The molecule has 6 rings (SSSR count). The molecule has 0 unspecified atom stereocenters. The fourth-order valence-electron chi connectivity index (χ4n) is 4.76. The molecule has 0 amide bonds. The van der Waals surface area contributed by atoms with Gasteiger partial charge in [-0.3, -0.25) is 5.43 Å². The van der Waals surface area contributed by atoms with Crippen LogP contribution < -0.4 is 5.43 Å². The van der Waals surface area contributed by atoms with Gasteiger partial charge in [-0.15, -0.1) is 11.3 Å². The third kappa shape index (κ3) is 5.22. The molecule has 3 aromatic heterocycles. The van der Waals surface area contributed by atoms with Gasteiger partial charge in [0.15, 0.2) is 0 Å². The topological polar surface area (TPSA) is 55.1 Å². The average Bonchev–Trinajstić information content (AvgIpc) is 3.53. The number of pyridine rings is 1. The van der Waals surface area contributed by atoms with Crippen molar-refractivity contribution in [2.45, 2.75) is 26.3 Å². The Morgan fingerprint density at radius 3 is 2.54 bits per heavy atom. The van der Waals surface area contributed by atoms with Crippen molar-refractivity contribution in [1.29, 1.82) is 0 Å². The second-order valence-corrected chi connectivity index (χ2v) is 11.4. The number of halogens is 2. The zero-order valence-corrected chi connectivity index (χ0v) is 23.8. The summed E-state index contributed by atoms with van der Waals surface area (Å²) in [5, 5.41) is 9.47. The molecule has 0 spiro atoms. The summed E-state index contributed by atoms with van der Waals surface area (Å²) in [6.45, 7) is 4.94. The molecule has 0 atom stereocenters. The summed E-state index contributed by atoms with van der Waals surface area (Å²) in [7, 11) is 0. The van der Waals surface area contributed by atoms with Gasteiger partial charge in [0.05, 0.1) is 28.8 Å². The average molecular weight is 599 g/mol. The summed E-state index contributed by atoms with van der Waals surface area (Å²) in [6, 6.07) is 25.2. The number of hydrazone groups is 1. The lowest BCUT2D eigenvalue weighted by molar-refractivity contribution is 0.626. The molecule has 5 nitrogen and oxygen atoms in total. The number of anilines is 1. The SMILES string of the molecule is CC(C)c1nc(/C=N/Nc2nc(-c3ccc(Br)cc3)cs2)cc2c3ccccc3n(Cc3ccc(F)cc3)c12. The first kappa shape index (κ1) is 25.4. The summed E-state index contributed by atoms with van der Waals surface area (Å²) in [5.41, 5.74) is 10.0. The van der Waals surface area contributed by atoms with Crippen LogP contribution in [0, 0.1) is 5.82 Å². The maximum absolute atomic E-state index is 13.5. The number of benzene rings is 3. The van der Waals surface area contributed by atoms with E-state index in [0.29, 0.717) is 11.7 Å². The first-order valence-corrected chi connectivity index (χ1v) is 14.3. The molecule has 0 radical (unpaired) electrons. The van der Waals surface area contributed by atoms with Crippen LogP contribution in [0.3, 0.4) is 0 Å². The maximum atomic E-state index is 13.5. The van der Waals surface area contributed by atoms with Crippen molar-refractivity contribution in [3.8, 4) is 11.3 Å². The minimum absolute atomic E-state index is 0.192. The third-order valence-electron chi connectivity index (χ3n) is 6.60. The van der Waals surface area contributed by atoms with Crippen LogP contribution in [0.25, 0.3) is 33.1 Å². The van der Waals surface area contributed by atoms with E-state index >= 15 is 0 Å². The number of nitrogens with one attached hydrogen (secondary N) is 1. The molecule has 3 aromatic carbocycles. The van der Waals surface area contributed by atoms with Gasteiger partial charge < -0.3 is 4.57 Å². The van der Waals surface area contributed by atoms with Crippen LogP contribution >= 0.6 is 27.3 Å². The zero-order valence-electron chi connectivity index (χ0n) is 21.4. The fourth-order valence-corrected chi connectivity index (χ4v) is 5.69. The highest BCUT2D eigenvalue weighted by atomic mass is 79.9. The van der Waals surface area contributed by atoms with Crippen molar-refractivity contribution in [2.24, 2.45) is 5.10 Å². The summed E-state index contributed by atoms with van der Waals surface area (Å²) < 4.78 is 16.9. The third-order valence-corrected chi connectivity index (χ3v) is 7.87. The Bertz CT molecular complexity index is 1800. The van der Waals surface area contributed by atoms with Crippen LogP contribution in [0.5, 0.6) is 0 Å². The minimum atomic E-state index is -0.231. The number of rotatable bonds is 7. The molecule has 0 bridgehead atoms. The summed E-state index contributed by atoms with van der Waals surface area (Å²) in [5.74, 6) is -0.0390. The lowest BCUT2D eigenvalue weighted by Gasteiger charge is -2.13. The monoisotopic (exact) mass is 597 g/mol. The van der Waals surface area contributed by atoms with E-state index in [4.69, 9.17) is 4.98 Å². The van der Waals surface area contributed by atoms with Crippen LogP contribution in [0.2, 0.25) is 0 Å². The van der Waals surface area contributed by atoms with E-state index in [1.807, 2.05) is 47.8 Å². The van der Waals surface area contributed by atoms with Crippen LogP contribution in [0.1, 0.15) is 36.7 Å². The predicted molar refractivity (Wildman–Crippen MR) is 163 cm³/mol. The smallest absolute Gasteiger partial charge is 0.203 e. The summed E-state index contributed by atoms with van der Waals surface area (Å²) in [4.78, 5) is 9.67. The van der Waals surface area contributed by atoms with Crippen molar-refractivity contribution in [3.05, 3.63) is 111 Å². The molecule has 0 saturated carbocycles. The van der Waals surface area contributed by atoms with E-state index < -0.39 is 0 Å². The Morgan fingerprint density at radius 1 is 1.00 bits per heavy atom. The number of hydrogen-bond donors (Lipinski definition) is 1. The first-order valence-electron chi connectivity index (χ1n) is 12.6. The Hall–Kier alpha value is -3.88. The second-order valence-electron chi connectivity index (χ2n) is 9.63. The number of thiazole rings is 1. The number of aromatic nitrogens is 3. The van der Waals surface area contributed by atoms with E-state index in [-0.39, 0.29) is 11.7 Å².